The second kappa shape index (κ2) is 14.8. The van der Waals surface area contributed by atoms with E-state index in [0.717, 1.165) is 17.7 Å². The predicted molar refractivity (Wildman–Crippen MR) is 128 cm³/mol. The van der Waals surface area contributed by atoms with Crippen LogP contribution in [-0.4, -0.2) is 90.0 Å². The standard InChI is InChI=1S/C23H28N6O9/c1-14(23(36)37)38-13-26-17(30)10-25-22(35)16(9-15-5-3-2-4-6-15)28-19(32)11-24-18(31)12-27-29-20(33)7-8-21(29)34/h2-8,14,16,27H,9-13H2,1H3,(H,24,31)(H,25,35)(H,26,30)(H,28,32)(H,36,37)/t14-,16-/m0/s1. The van der Waals surface area contributed by atoms with Gasteiger partial charge >= 0.3 is 5.97 Å². The molecule has 0 aromatic heterocycles. The summed E-state index contributed by atoms with van der Waals surface area (Å²) in [6.07, 6.45) is 1.03. The molecule has 0 unspecified atom stereocenters. The van der Waals surface area contributed by atoms with Crippen LogP contribution in [0.1, 0.15) is 12.5 Å². The van der Waals surface area contributed by atoms with Gasteiger partial charge in [0.15, 0.2) is 6.10 Å². The molecule has 2 atom stereocenters. The first-order valence-corrected chi connectivity index (χ1v) is 11.3. The number of hydrogen-bond donors (Lipinski definition) is 6. The lowest BCUT2D eigenvalue weighted by atomic mass is 10.1. The summed E-state index contributed by atoms with van der Waals surface area (Å²) in [5.41, 5.74) is 3.06. The van der Waals surface area contributed by atoms with E-state index >= 15 is 0 Å². The Hall–Kier alpha value is -4.63. The Balaban J connectivity index is 1.83. The fourth-order valence-electron chi connectivity index (χ4n) is 2.92. The number of rotatable bonds is 15. The normalized spacial score (nSPS) is 14.0. The number of ether oxygens (including phenoxy) is 1. The van der Waals surface area contributed by atoms with Gasteiger partial charge in [0, 0.05) is 18.6 Å². The van der Waals surface area contributed by atoms with E-state index in [9.17, 15) is 33.6 Å². The van der Waals surface area contributed by atoms with Crippen molar-refractivity contribution in [1.82, 2.24) is 31.7 Å². The number of imide groups is 1. The molecule has 1 heterocycles. The molecule has 6 N–H and O–H groups in total. The second-order valence-electron chi connectivity index (χ2n) is 7.88. The Morgan fingerprint density at radius 1 is 0.868 bits per heavy atom. The van der Waals surface area contributed by atoms with E-state index in [-0.39, 0.29) is 13.2 Å². The van der Waals surface area contributed by atoms with Gasteiger partial charge in [-0.1, -0.05) is 30.3 Å². The Morgan fingerprint density at radius 2 is 1.47 bits per heavy atom. The summed E-state index contributed by atoms with van der Waals surface area (Å²) in [4.78, 5) is 82.7. The Morgan fingerprint density at radius 3 is 2.11 bits per heavy atom. The highest BCUT2D eigenvalue weighted by Crippen LogP contribution is 2.04. The van der Waals surface area contributed by atoms with Crippen LogP contribution in [-0.2, 0) is 44.7 Å². The molecule has 0 aliphatic carbocycles. The van der Waals surface area contributed by atoms with Gasteiger partial charge in [-0.25, -0.2) is 15.2 Å². The third-order valence-electron chi connectivity index (χ3n) is 4.96. The number of nitrogens with one attached hydrogen (secondary N) is 5. The van der Waals surface area contributed by atoms with E-state index in [0.29, 0.717) is 5.01 Å². The molecule has 1 aromatic carbocycles. The number of carbonyl (C=O) groups excluding carboxylic acids is 6. The van der Waals surface area contributed by atoms with E-state index < -0.39 is 73.2 Å². The zero-order valence-electron chi connectivity index (χ0n) is 20.4. The van der Waals surface area contributed by atoms with E-state index in [1.54, 1.807) is 30.3 Å². The second-order valence-corrected chi connectivity index (χ2v) is 7.88. The van der Waals surface area contributed by atoms with Gasteiger partial charge in [-0.3, -0.25) is 28.8 Å². The number of amides is 6. The molecule has 0 radical (unpaired) electrons. The molecule has 0 fully saturated rings. The van der Waals surface area contributed by atoms with Gasteiger partial charge in [-0.2, -0.15) is 0 Å². The van der Waals surface area contributed by atoms with Crippen LogP contribution < -0.4 is 26.7 Å². The maximum absolute atomic E-state index is 12.7. The highest BCUT2D eigenvalue weighted by atomic mass is 16.5. The quantitative estimate of drug-likeness (QED) is 0.0991. The number of carbonyl (C=O) groups is 7. The van der Waals surface area contributed by atoms with Gasteiger partial charge < -0.3 is 31.1 Å². The van der Waals surface area contributed by atoms with E-state index in [2.05, 4.69) is 26.7 Å². The zero-order chi connectivity index (χ0) is 28.1. The van der Waals surface area contributed by atoms with Crippen molar-refractivity contribution in [2.45, 2.75) is 25.5 Å². The van der Waals surface area contributed by atoms with E-state index in [1.807, 2.05) is 0 Å². The molecule has 1 aliphatic rings. The molecule has 38 heavy (non-hydrogen) atoms. The van der Waals surface area contributed by atoms with Gasteiger partial charge in [-0.15, -0.1) is 0 Å². The predicted octanol–water partition coefficient (Wildman–Crippen LogP) is -3.06. The average Bonchev–Trinajstić information content (AvgIpc) is 3.21. The molecule has 6 amide bonds. The van der Waals surface area contributed by atoms with Crippen LogP contribution >= 0.6 is 0 Å². The Bertz CT molecular complexity index is 1070. The topological polar surface area (TPSA) is 212 Å². The van der Waals surface area contributed by atoms with Crippen molar-refractivity contribution in [3.63, 3.8) is 0 Å². The zero-order valence-corrected chi connectivity index (χ0v) is 20.4. The molecule has 0 spiro atoms. The van der Waals surface area contributed by atoms with Crippen LogP contribution in [0.5, 0.6) is 0 Å². The van der Waals surface area contributed by atoms with Crippen molar-refractivity contribution < 1.29 is 43.4 Å². The lowest BCUT2D eigenvalue weighted by molar-refractivity contribution is -0.150. The number of benzene rings is 1. The summed E-state index contributed by atoms with van der Waals surface area (Å²) in [7, 11) is 0. The van der Waals surface area contributed by atoms with Crippen molar-refractivity contribution >= 4 is 41.4 Å². The van der Waals surface area contributed by atoms with Crippen LogP contribution in [0.2, 0.25) is 0 Å². The molecule has 204 valence electrons. The lowest BCUT2D eigenvalue weighted by Crippen LogP contribution is -2.53. The van der Waals surface area contributed by atoms with Gasteiger partial charge in [0.1, 0.15) is 12.8 Å². The largest absolute Gasteiger partial charge is 0.479 e. The molecular weight excluding hydrogens is 504 g/mol. The lowest BCUT2D eigenvalue weighted by Gasteiger charge is -2.19. The summed E-state index contributed by atoms with van der Waals surface area (Å²) in [5, 5.41) is 18.9. The van der Waals surface area contributed by atoms with Gasteiger partial charge in [0.05, 0.1) is 19.6 Å². The molecule has 15 nitrogen and oxygen atoms in total. The molecule has 0 bridgehead atoms. The molecule has 0 saturated carbocycles. The Kier molecular flexibility index (Phi) is 11.5. The Labute approximate surface area is 216 Å². The third kappa shape index (κ3) is 10.2. The summed E-state index contributed by atoms with van der Waals surface area (Å²) in [5.74, 6) is -5.18. The molecule has 2 rings (SSSR count). The number of carboxylic acid groups (broad SMARTS) is 1. The highest BCUT2D eigenvalue weighted by molar-refractivity contribution is 6.12. The minimum absolute atomic E-state index is 0.0843. The highest BCUT2D eigenvalue weighted by Gasteiger charge is 2.25. The van der Waals surface area contributed by atoms with Gasteiger partial charge in [0.25, 0.3) is 11.8 Å². The SMILES string of the molecule is C[C@H](OCNC(=O)CNC(=O)[C@H](Cc1ccccc1)NC(=O)CNC(=O)CNN1C(=O)C=CC1=O)C(=O)O. The number of hydrazine groups is 1. The summed E-state index contributed by atoms with van der Waals surface area (Å²) < 4.78 is 4.88. The maximum atomic E-state index is 12.7. The van der Waals surface area contributed by atoms with Crippen molar-refractivity contribution in [3.05, 3.63) is 48.0 Å². The molecular formula is C23H28N6O9. The number of aliphatic carboxylic acids is 1. The van der Waals surface area contributed by atoms with Crippen LogP contribution in [0.3, 0.4) is 0 Å². The first-order valence-electron chi connectivity index (χ1n) is 11.3. The maximum Gasteiger partial charge on any atom is 0.332 e. The monoisotopic (exact) mass is 532 g/mol. The van der Waals surface area contributed by atoms with Crippen molar-refractivity contribution in [2.75, 3.05) is 26.4 Å². The molecule has 15 heteroatoms. The smallest absolute Gasteiger partial charge is 0.332 e. The first-order chi connectivity index (χ1) is 18.1. The van der Waals surface area contributed by atoms with Gasteiger partial charge in [0.2, 0.25) is 23.6 Å². The molecule has 1 aromatic rings. The van der Waals surface area contributed by atoms with Crippen molar-refractivity contribution in [3.8, 4) is 0 Å². The summed E-state index contributed by atoms with van der Waals surface area (Å²) in [6.45, 7) is -0.504. The van der Waals surface area contributed by atoms with Gasteiger partial charge in [-0.05, 0) is 12.5 Å². The minimum atomic E-state index is -1.20. The van der Waals surface area contributed by atoms with Crippen molar-refractivity contribution in [2.24, 2.45) is 0 Å². The fraction of sp³-hybridized carbons (Fsp3) is 0.348. The summed E-state index contributed by atoms with van der Waals surface area (Å²) >= 11 is 0. The van der Waals surface area contributed by atoms with Crippen molar-refractivity contribution in [1.29, 1.82) is 0 Å². The van der Waals surface area contributed by atoms with Crippen LogP contribution in [0.25, 0.3) is 0 Å². The van der Waals surface area contributed by atoms with Crippen LogP contribution in [0.4, 0.5) is 0 Å². The number of nitrogens with zero attached hydrogens (tertiary/aromatic N) is 1. The number of hydrogen-bond acceptors (Lipinski definition) is 9. The first kappa shape index (κ1) is 29.6. The van der Waals surface area contributed by atoms with Crippen LogP contribution in [0.15, 0.2) is 42.5 Å². The fourth-order valence-corrected chi connectivity index (χ4v) is 2.92. The van der Waals surface area contributed by atoms with E-state index in [1.165, 1.54) is 6.92 Å². The van der Waals surface area contributed by atoms with Crippen LogP contribution in [0, 0.1) is 0 Å². The molecule has 1 aliphatic heterocycles. The minimum Gasteiger partial charge on any atom is -0.479 e. The number of carboxylic acids is 1. The van der Waals surface area contributed by atoms with E-state index in [4.69, 9.17) is 9.84 Å². The summed E-state index contributed by atoms with van der Waals surface area (Å²) in [6, 6.07) is 7.65. The third-order valence-corrected chi connectivity index (χ3v) is 4.96. The molecule has 0 saturated heterocycles. The average molecular weight is 533 g/mol.